The zero-order chi connectivity index (χ0) is 56.5. The van der Waals surface area contributed by atoms with Crippen LogP contribution < -0.4 is 30.9 Å². The minimum atomic E-state index is -0.877. The summed E-state index contributed by atoms with van der Waals surface area (Å²) in [5.74, 6) is 0.853. The van der Waals surface area contributed by atoms with Gasteiger partial charge in [0.25, 0.3) is 0 Å². The molecule has 6 N–H and O–H groups in total. The van der Waals surface area contributed by atoms with Crippen molar-refractivity contribution in [2.24, 2.45) is 11.3 Å². The molecule has 11 rings (SSSR count). The number of nitrogens with one attached hydrogen (secondary N) is 2. The lowest BCUT2D eigenvalue weighted by Crippen LogP contribution is -2.59. The lowest BCUT2D eigenvalue weighted by molar-refractivity contribution is -0.144. The van der Waals surface area contributed by atoms with Gasteiger partial charge in [-0.3, -0.25) is 19.3 Å². The van der Waals surface area contributed by atoms with Crippen LogP contribution in [0.5, 0.6) is 11.6 Å². The van der Waals surface area contributed by atoms with Gasteiger partial charge in [0.05, 0.1) is 58.4 Å². The molecule has 6 aliphatic rings. The van der Waals surface area contributed by atoms with Gasteiger partial charge in [0, 0.05) is 94.1 Å². The first-order valence-electron chi connectivity index (χ1n) is 29.3. The summed E-state index contributed by atoms with van der Waals surface area (Å²) in [4.78, 5) is 63.0. The third-order valence-electron chi connectivity index (χ3n) is 17.7. The van der Waals surface area contributed by atoms with Crippen LogP contribution in [0.2, 0.25) is 0 Å². The number of ether oxygens (including phenoxy) is 2. The Labute approximate surface area is 479 Å². The number of nitrogens with zero attached hydrogens (tertiary/aromatic N) is 9. The molecule has 5 aliphatic heterocycles. The number of fused-ring (bicyclic) bond motifs is 2. The third-order valence-corrected chi connectivity index (χ3v) is 18.7. The second-order valence-corrected chi connectivity index (χ2v) is 25.5. The van der Waals surface area contributed by atoms with Crippen molar-refractivity contribution in [3.63, 3.8) is 0 Å². The summed E-state index contributed by atoms with van der Waals surface area (Å²) < 4.78 is 13.1. The number of hydrogen-bond acceptors (Lipinski definition) is 17. The normalized spacial score (nSPS) is 24.6. The molecule has 81 heavy (non-hydrogen) atoms. The lowest BCUT2D eigenvalue weighted by Gasteiger charge is -2.43. The summed E-state index contributed by atoms with van der Waals surface area (Å²) in [5, 5.41) is 35.9. The van der Waals surface area contributed by atoms with E-state index in [1.807, 2.05) is 88.8 Å². The Morgan fingerprint density at radius 2 is 1.54 bits per heavy atom. The Hall–Kier alpha value is -6.45. The molecule has 1 unspecified atom stereocenters. The van der Waals surface area contributed by atoms with Crippen molar-refractivity contribution in [1.82, 2.24) is 45.5 Å². The van der Waals surface area contributed by atoms with Gasteiger partial charge in [0.2, 0.25) is 23.6 Å². The van der Waals surface area contributed by atoms with Crippen LogP contribution in [-0.2, 0) is 19.1 Å². The number of phenols is 1. The maximum Gasteiger partial charge on any atom is 0.246 e. The molecule has 8 heterocycles. The van der Waals surface area contributed by atoms with E-state index in [1.165, 1.54) is 4.90 Å². The number of carbonyl (C=O) groups is 3. The number of nitrogen functional groups attached to an aromatic ring is 1. The highest BCUT2D eigenvalue weighted by Crippen LogP contribution is 2.41. The largest absolute Gasteiger partial charge is 0.507 e. The first kappa shape index (κ1) is 56.4. The number of likely N-dealkylation sites (tertiary alicyclic amines) is 3. The fraction of sp³-hybridized carbons (Fsp3) is 0.557. The number of hydrogen-bond donors (Lipinski definition) is 5. The Morgan fingerprint density at radius 3 is 2.23 bits per heavy atom. The van der Waals surface area contributed by atoms with Gasteiger partial charge in [-0.2, -0.15) is 0 Å². The standard InChI is InChI=1S/C61H80N12O7S/c1-37(40-10-12-41(13-11-40)56-38(2)64-36-81-56)65-59(77)52-27-45(74)34-72(52)60(78)57(61(3,4)5)66-54(76)35-70-22-17-39(18-23-70)31-69-24-19-46(20-25-69)79-47-28-48(29-47)80-55-26-42(16-21-63-55)73-43-14-15-44(73)33-71(32-43)51-30-50(67-68-58(51)62)49-8-6-7-9-53(49)75/h6-13,16,21,26,30,36-37,39,43-48,52,57,74-75H,14-15,17-20,22-25,27-29,31-35H2,1-5H3,(H2,62,68)(H,65,77)(H,66,76)/t37-,43+,44?,45+,47?,48?,52-,57+/m0/s1. The summed E-state index contributed by atoms with van der Waals surface area (Å²) in [6.07, 6.45) is 9.56. The summed E-state index contributed by atoms with van der Waals surface area (Å²) >= 11 is 1.59. The third kappa shape index (κ3) is 12.9. The van der Waals surface area contributed by atoms with Gasteiger partial charge in [-0.05, 0) is 112 Å². The van der Waals surface area contributed by atoms with E-state index in [2.05, 4.69) is 62.5 Å². The number of carbonyl (C=O) groups excluding carboxylic acids is 3. The van der Waals surface area contributed by atoms with Crippen molar-refractivity contribution < 1.29 is 34.1 Å². The predicted molar refractivity (Wildman–Crippen MR) is 313 cm³/mol. The van der Waals surface area contributed by atoms with E-state index in [0.717, 1.165) is 130 Å². The van der Waals surface area contributed by atoms with Crippen LogP contribution in [0.1, 0.15) is 103 Å². The molecule has 3 amide bonds. The zero-order valence-electron chi connectivity index (χ0n) is 47.5. The Balaban J connectivity index is 0.582. The number of amides is 3. The number of pyridine rings is 1. The average Bonchev–Trinajstić information content (AvgIpc) is 4.21. The zero-order valence-corrected chi connectivity index (χ0v) is 48.3. The summed E-state index contributed by atoms with van der Waals surface area (Å²) in [5.41, 5.74) is 13.8. The number of nitrogens with two attached hydrogens (primary N) is 1. The van der Waals surface area contributed by atoms with E-state index >= 15 is 0 Å². The maximum atomic E-state index is 14.3. The van der Waals surface area contributed by atoms with E-state index in [1.54, 1.807) is 23.5 Å². The minimum absolute atomic E-state index is 0.0271. The summed E-state index contributed by atoms with van der Waals surface area (Å²) in [6.45, 7) is 16.2. The molecule has 20 heteroatoms. The molecule has 3 aromatic heterocycles. The molecule has 432 valence electrons. The number of rotatable bonds is 17. The quantitative estimate of drug-likeness (QED) is 0.0662. The highest BCUT2D eigenvalue weighted by molar-refractivity contribution is 7.13. The Morgan fingerprint density at radius 1 is 0.827 bits per heavy atom. The number of aromatic hydroxyl groups is 1. The molecule has 6 atom stereocenters. The number of aromatic nitrogens is 4. The van der Waals surface area contributed by atoms with Crippen LogP contribution in [0, 0.1) is 18.3 Å². The average molecular weight is 1130 g/mol. The number of aryl methyl sites for hydroxylation is 1. The molecule has 2 bridgehead atoms. The predicted octanol–water partition coefficient (Wildman–Crippen LogP) is 6.59. The van der Waals surface area contributed by atoms with Crippen molar-refractivity contribution in [3.8, 4) is 33.3 Å². The monoisotopic (exact) mass is 1120 g/mol. The molecule has 6 fully saturated rings. The van der Waals surface area contributed by atoms with Crippen molar-refractivity contribution in [3.05, 3.63) is 89.7 Å². The van der Waals surface area contributed by atoms with Gasteiger partial charge < -0.3 is 55.7 Å². The van der Waals surface area contributed by atoms with E-state index in [-0.39, 0.29) is 67.3 Å². The first-order chi connectivity index (χ1) is 39.0. The number of anilines is 3. The molecular weight excluding hydrogens is 1040 g/mol. The van der Waals surface area contributed by atoms with E-state index in [0.29, 0.717) is 41.0 Å². The van der Waals surface area contributed by atoms with Crippen LogP contribution in [-0.4, -0.2) is 170 Å². The van der Waals surface area contributed by atoms with E-state index < -0.39 is 23.6 Å². The molecule has 0 spiro atoms. The molecule has 1 aliphatic carbocycles. The SMILES string of the molecule is Cc1ncsc1-c1ccc([C@H](C)NC(=O)[C@@H]2C[C@@H](O)CN2C(=O)[C@@H](NC(=O)CN2CCC(CN3CCC(OC4CC(Oc5cc(N6C7CC[C@@H]6CN(c6cc(-c8ccccc8O)nnc6N)C7)ccn5)C4)CC3)CC2)C(C)(C)C)cc1. The second-order valence-electron chi connectivity index (χ2n) is 24.6. The number of phenolic OH excluding ortho intramolecular Hbond substituents is 1. The molecule has 19 nitrogen and oxygen atoms in total. The van der Waals surface area contributed by atoms with Crippen molar-refractivity contribution in [2.75, 3.05) is 74.4 Å². The highest BCUT2D eigenvalue weighted by atomic mass is 32.1. The Bertz CT molecular complexity index is 2990. The number of benzene rings is 2. The topological polar surface area (TPSA) is 228 Å². The number of β-amino-alcohol motifs (C(OH)–C–C–N with tert-alkyl or cyclic N) is 1. The lowest BCUT2D eigenvalue weighted by atomic mass is 9.85. The molecule has 1 saturated carbocycles. The van der Waals surface area contributed by atoms with Crippen molar-refractivity contribution in [1.29, 1.82) is 0 Å². The number of piperidine rings is 2. The van der Waals surface area contributed by atoms with Gasteiger partial charge in [-0.25, -0.2) is 9.97 Å². The van der Waals surface area contributed by atoms with Crippen LogP contribution in [0.3, 0.4) is 0 Å². The van der Waals surface area contributed by atoms with Crippen LogP contribution in [0.25, 0.3) is 21.7 Å². The number of piperazine rings is 1. The van der Waals surface area contributed by atoms with Gasteiger partial charge in [-0.15, -0.1) is 21.5 Å². The van der Waals surface area contributed by atoms with Crippen LogP contribution >= 0.6 is 11.3 Å². The molecule has 5 aromatic rings. The van der Waals surface area contributed by atoms with Crippen LogP contribution in [0.4, 0.5) is 17.2 Å². The van der Waals surface area contributed by atoms with Crippen molar-refractivity contribution >= 4 is 46.3 Å². The number of thiazole rings is 1. The smallest absolute Gasteiger partial charge is 0.246 e. The fourth-order valence-electron chi connectivity index (χ4n) is 13.1. The number of aliphatic hydroxyl groups excluding tert-OH is 1. The maximum absolute atomic E-state index is 14.3. The van der Waals surface area contributed by atoms with Crippen LogP contribution in [0.15, 0.2) is 78.4 Å². The van der Waals surface area contributed by atoms with E-state index in [4.69, 9.17) is 15.2 Å². The second kappa shape index (κ2) is 24.2. The molecule has 2 aromatic carbocycles. The highest BCUT2D eigenvalue weighted by Gasteiger charge is 2.46. The van der Waals surface area contributed by atoms with Gasteiger partial charge in [0.15, 0.2) is 5.82 Å². The number of para-hydroxylation sites is 1. The van der Waals surface area contributed by atoms with Gasteiger partial charge in [0.1, 0.15) is 23.9 Å². The van der Waals surface area contributed by atoms with Gasteiger partial charge >= 0.3 is 0 Å². The summed E-state index contributed by atoms with van der Waals surface area (Å²) in [6, 6.07) is 19.8. The minimum Gasteiger partial charge on any atom is -0.507 e. The first-order valence-corrected chi connectivity index (χ1v) is 30.1. The van der Waals surface area contributed by atoms with Crippen molar-refractivity contribution in [2.45, 2.75) is 147 Å². The Kier molecular flexibility index (Phi) is 16.8. The van der Waals surface area contributed by atoms with E-state index in [9.17, 15) is 24.6 Å². The fourth-order valence-corrected chi connectivity index (χ4v) is 13.9. The number of aliphatic hydroxyl groups is 1. The molecule has 0 radical (unpaired) electrons. The molecule has 5 saturated heterocycles. The van der Waals surface area contributed by atoms with Gasteiger partial charge in [-0.1, -0.05) is 57.2 Å². The molecular formula is C61H80N12O7S. The summed E-state index contributed by atoms with van der Waals surface area (Å²) in [7, 11) is 0.